The Hall–Kier alpha value is -3.58. The van der Waals surface area contributed by atoms with E-state index in [4.69, 9.17) is 25.8 Å². The third kappa shape index (κ3) is 4.44. The number of rotatable bonds is 5. The molecule has 1 N–H and O–H groups in total. The molecule has 1 heterocycles. The van der Waals surface area contributed by atoms with E-state index in [1.165, 1.54) is 14.2 Å². The van der Waals surface area contributed by atoms with Crippen LogP contribution in [-0.2, 0) is 23.9 Å². The highest BCUT2D eigenvalue weighted by Gasteiger charge is 2.48. The van der Waals surface area contributed by atoms with E-state index in [0.29, 0.717) is 45.3 Å². The van der Waals surface area contributed by atoms with Crippen LogP contribution in [0.5, 0.6) is 5.75 Å². The van der Waals surface area contributed by atoms with Gasteiger partial charge in [-0.15, -0.1) is 0 Å². The fourth-order valence-corrected chi connectivity index (χ4v) is 5.09. The maximum absolute atomic E-state index is 14.1. The molecule has 0 unspecified atom stereocenters. The summed E-state index contributed by atoms with van der Waals surface area (Å²) in [6.07, 6.45) is 0.378. The normalized spacial score (nSPS) is 21.7. The van der Waals surface area contributed by atoms with Crippen LogP contribution in [0.25, 0.3) is 0 Å². The van der Waals surface area contributed by atoms with E-state index < -0.39 is 29.7 Å². The number of hydrogen-bond donors (Lipinski definition) is 1. The number of benzene rings is 2. The van der Waals surface area contributed by atoms with E-state index in [1.807, 2.05) is 12.1 Å². The summed E-state index contributed by atoms with van der Waals surface area (Å²) < 4.78 is 15.4. The van der Waals surface area contributed by atoms with Gasteiger partial charge in [0.05, 0.1) is 26.9 Å². The molecule has 2 aliphatic rings. The van der Waals surface area contributed by atoms with Crippen molar-refractivity contribution in [2.45, 2.75) is 25.2 Å². The largest absolute Gasteiger partial charge is 0.497 e. The molecule has 1 aliphatic carbocycles. The van der Waals surface area contributed by atoms with Crippen LogP contribution in [0.3, 0.4) is 0 Å². The second kappa shape index (κ2) is 9.96. The van der Waals surface area contributed by atoms with Gasteiger partial charge in [0.15, 0.2) is 5.78 Å². The Bertz CT molecular complexity index is 1230. The molecule has 0 amide bonds. The topological polar surface area (TPSA) is 90.9 Å². The highest BCUT2D eigenvalue weighted by molar-refractivity contribution is 6.30. The molecule has 1 aliphatic heterocycles. The molecule has 0 saturated carbocycles. The van der Waals surface area contributed by atoms with E-state index in [0.717, 1.165) is 5.56 Å². The Morgan fingerprint density at radius 3 is 2.14 bits per heavy atom. The summed E-state index contributed by atoms with van der Waals surface area (Å²) in [4.78, 5) is 39.9. The maximum Gasteiger partial charge on any atom is 0.336 e. The van der Waals surface area contributed by atoms with Gasteiger partial charge in [0, 0.05) is 33.8 Å². The van der Waals surface area contributed by atoms with Crippen LogP contribution in [0, 0.1) is 5.92 Å². The average molecular weight is 496 g/mol. The van der Waals surface area contributed by atoms with Gasteiger partial charge >= 0.3 is 11.9 Å². The average Bonchev–Trinajstić information content (AvgIpc) is 2.87. The lowest BCUT2D eigenvalue weighted by Crippen LogP contribution is -2.43. The first-order valence-electron chi connectivity index (χ1n) is 11.1. The second-order valence-electron chi connectivity index (χ2n) is 8.48. The molecule has 0 bridgehead atoms. The molecular formula is C27H26ClNO6. The smallest absolute Gasteiger partial charge is 0.336 e. The molecule has 35 heavy (non-hydrogen) atoms. The van der Waals surface area contributed by atoms with Gasteiger partial charge in [-0.1, -0.05) is 35.9 Å². The molecule has 182 valence electrons. The zero-order valence-corrected chi connectivity index (χ0v) is 20.6. The summed E-state index contributed by atoms with van der Waals surface area (Å²) in [6.45, 7) is 1.78. The lowest BCUT2D eigenvalue weighted by atomic mass is 9.67. The SMILES string of the molecule is COC(=O)C1=C(C)NC2=C(C(=O)[C@@H](C(=O)OC)[C@@H](c3ccc(OC)cc3)C2)[C@H]1c1ccc(Cl)cc1. The lowest BCUT2D eigenvalue weighted by Gasteiger charge is -2.39. The van der Waals surface area contributed by atoms with E-state index >= 15 is 0 Å². The third-order valence-electron chi connectivity index (χ3n) is 6.63. The minimum atomic E-state index is -1.07. The number of dihydropyridines is 1. The summed E-state index contributed by atoms with van der Waals surface area (Å²) in [5.74, 6) is -3.13. The Kier molecular flexibility index (Phi) is 6.98. The second-order valence-corrected chi connectivity index (χ2v) is 8.92. The van der Waals surface area contributed by atoms with Crippen LogP contribution in [0.4, 0.5) is 0 Å². The lowest BCUT2D eigenvalue weighted by molar-refractivity contribution is -0.150. The number of Topliss-reactive ketones (excluding diaryl/α,β-unsaturated/α-hetero) is 1. The van der Waals surface area contributed by atoms with Crippen LogP contribution in [0.15, 0.2) is 71.1 Å². The Morgan fingerprint density at radius 1 is 0.943 bits per heavy atom. The number of hydrogen-bond acceptors (Lipinski definition) is 7. The van der Waals surface area contributed by atoms with Crippen LogP contribution in [0.2, 0.25) is 5.02 Å². The minimum Gasteiger partial charge on any atom is -0.497 e. The highest BCUT2D eigenvalue weighted by Crippen LogP contribution is 2.48. The highest BCUT2D eigenvalue weighted by atomic mass is 35.5. The molecule has 8 heteroatoms. The van der Waals surface area contributed by atoms with Gasteiger partial charge in [-0.05, 0) is 48.7 Å². The van der Waals surface area contributed by atoms with Crippen molar-refractivity contribution < 1.29 is 28.6 Å². The molecule has 0 saturated heterocycles. The number of halogens is 1. The van der Waals surface area contributed by atoms with Crippen LogP contribution < -0.4 is 10.1 Å². The molecule has 0 aromatic heterocycles. The first kappa shape index (κ1) is 24.5. The summed E-state index contributed by atoms with van der Waals surface area (Å²) in [7, 11) is 4.14. The zero-order chi connectivity index (χ0) is 25.3. The Morgan fingerprint density at radius 2 is 1.57 bits per heavy atom. The van der Waals surface area contributed by atoms with Crippen LogP contribution in [0.1, 0.15) is 36.3 Å². The Balaban J connectivity index is 1.88. The van der Waals surface area contributed by atoms with Gasteiger partial charge in [-0.2, -0.15) is 0 Å². The Labute approximate surface area is 208 Å². The van der Waals surface area contributed by atoms with E-state index in [1.54, 1.807) is 50.4 Å². The quantitative estimate of drug-likeness (QED) is 0.489. The van der Waals surface area contributed by atoms with Crippen molar-refractivity contribution in [3.8, 4) is 5.75 Å². The maximum atomic E-state index is 14.1. The van der Waals surface area contributed by atoms with E-state index in [2.05, 4.69) is 5.32 Å². The van der Waals surface area contributed by atoms with Crippen molar-refractivity contribution in [3.63, 3.8) is 0 Å². The molecular weight excluding hydrogens is 470 g/mol. The molecule has 0 spiro atoms. The fraction of sp³-hybridized carbons (Fsp3) is 0.296. The number of esters is 2. The molecule has 4 rings (SSSR count). The number of ketones is 1. The van der Waals surface area contributed by atoms with Gasteiger partial charge in [0.1, 0.15) is 11.7 Å². The van der Waals surface area contributed by atoms with Gasteiger partial charge in [0.25, 0.3) is 0 Å². The van der Waals surface area contributed by atoms with Crippen molar-refractivity contribution in [2.24, 2.45) is 5.92 Å². The third-order valence-corrected chi connectivity index (χ3v) is 6.88. The first-order valence-corrected chi connectivity index (χ1v) is 11.5. The predicted molar refractivity (Wildman–Crippen MR) is 130 cm³/mol. The number of allylic oxidation sites excluding steroid dienone is 3. The molecule has 2 aromatic rings. The van der Waals surface area contributed by atoms with Crippen molar-refractivity contribution in [1.29, 1.82) is 0 Å². The van der Waals surface area contributed by atoms with E-state index in [9.17, 15) is 14.4 Å². The first-order chi connectivity index (χ1) is 16.8. The monoisotopic (exact) mass is 495 g/mol. The van der Waals surface area contributed by atoms with Gasteiger partial charge in [-0.3, -0.25) is 9.59 Å². The molecule has 7 nitrogen and oxygen atoms in total. The molecule has 2 aromatic carbocycles. The molecule has 3 atom stereocenters. The van der Waals surface area contributed by atoms with Crippen LogP contribution in [-0.4, -0.2) is 39.1 Å². The van der Waals surface area contributed by atoms with Gasteiger partial charge < -0.3 is 19.5 Å². The number of carbonyl (C=O) groups excluding carboxylic acids is 3. The number of carbonyl (C=O) groups is 3. The predicted octanol–water partition coefficient (Wildman–Crippen LogP) is 4.28. The van der Waals surface area contributed by atoms with Gasteiger partial charge in [-0.25, -0.2) is 4.79 Å². The van der Waals surface area contributed by atoms with Crippen LogP contribution >= 0.6 is 11.6 Å². The zero-order valence-electron chi connectivity index (χ0n) is 19.9. The standard InChI is InChI=1S/C27H26ClNO6/c1-14-21(26(31)34-3)22(16-5-9-17(28)10-6-16)24-20(29-14)13-19(23(25(24)30)27(32)35-4)15-7-11-18(33-2)12-8-15/h5-12,19,22-23,29H,13H2,1-4H3/t19-,22+,23+/m1/s1. The minimum absolute atomic E-state index is 0.313. The number of nitrogens with one attached hydrogen (secondary N) is 1. The number of ether oxygens (including phenoxy) is 3. The summed E-state index contributed by atoms with van der Waals surface area (Å²) in [5.41, 5.74) is 3.44. The van der Waals surface area contributed by atoms with Crippen molar-refractivity contribution in [1.82, 2.24) is 5.32 Å². The molecule has 0 fully saturated rings. The van der Waals surface area contributed by atoms with Crippen molar-refractivity contribution in [3.05, 3.63) is 87.2 Å². The van der Waals surface area contributed by atoms with E-state index in [-0.39, 0.29) is 5.78 Å². The van der Waals surface area contributed by atoms with Crippen molar-refractivity contribution in [2.75, 3.05) is 21.3 Å². The summed E-state index contributed by atoms with van der Waals surface area (Å²) >= 11 is 6.10. The summed E-state index contributed by atoms with van der Waals surface area (Å²) in [5, 5.41) is 3.79. The molecule has 0 radical (unpaired) electrons. The van der Waals surface area contributed by atoms with Gasteiger partial charge in [0.2, 0.25) is 0 Å². The van der Waals surface area contributed by atoms with Crippen molar-refractivity contribution >= 4 is 29.3 Å². The summed E-state index contributed by atoms with van der Waals surface area (Å²) in [6, 6.07) is 14.2. The fourth-order valence-electron chi connectivity index (χ4n) is 4.97. The number of methoxy groups -OCH3 is 3.